The number of rotatable bonds is 5. The number of carbonyl (C=O) groups is 1. The summed E-state index contributed by atoms with van der Waals surface area (Å²) < 4.78 is 44.2. The van der Waals surface area contributed by atoms with Crippen molar-refractivity contribution >= 4 is 31.9 Å². The summed E-state index contributed by atoms with van der Waals surface area (Å²) in [5.41, 5.74) is 0. The molecule has 0 spiro atoms. The van der Waals surface area contributed by atoms with Crippen LogP contribution in [-0.2, 0) is 14.8 Å². The highest BCUT2D eigenvalue weighted by Gasteiger charge is 2.24. The van der Waals surface area contributed by atoms with Gasteiger partial charge in [-0.05, 0) is 30.3 Å². The number of esters is 1. The molecule has 0 fully saturated rings. The van der Waals surface area contributed by atoms with Crippen molar-refractivity contribution in [1.82, 2.24) is 9.29 Å². The van der Waals surface area contributed by atoms with Gasteiger partial charge in [0, 0.05) is 23.9 Å². The molecule has 0 N–H and O–H groups in total. The Bertz CT molecular complexity index is 815. The summed E-state index contributed by atoms with van der Waals surface area (Å²) >= 11 is 3.08. The van der Waals surface area contributed by atoms with E-state index in [2.05, 4.69) is 20.9 Å². The van der Waals surface area contributed by atoms with Crippen LogP contribution in [0.4, 0.5) is 4.39 Å². The molecule has 1 heterocycles. The Kier molecular flexibility index (Phi) is 5.45. The van der Waals surface area contributed by atoms with Gasteiger partial charge in [-0.25, -0.2) is 12.8 Å². The molecule has 122 valence electrons. The molecule has 0 unspecified atom stereocenters. The van der Waals surface area contributed by atoms with Gasteiger partial charge in [0.2, 0.25) is 10.0 Å². The average Bonchev–Trinajstić information content (AvgIpc) is 2.51. The molecule has 0 saturated heterocycles. The summed E-state index contributed by atoms with van der Waals surface area (Å²) in [4.78, 5) is 15.5. The number of carbonyl (C=O) groups excluding carboxylic acids is 1. The van der Waals surface area contributed by atoms with Gasteiger partial charge in [0.1, 0.15) is 11.4 Å². The number of likely N-dealkylation sites (N-methyl/N-ethyl adjacent to an activating group) is 1. The zero-order valence-corrected chi connectivity index (χ0v) is 14.3. The van der Waals surface area contributed by atoms with Crippen molar-refractivity contribution in [2.75, 3.05) is 13.6 Å². The van der Waals surface area contributed by atoms with E-state index in [-0.39, 0.29) is 10.6 Å². The summed E-state index contributed by atoms with van der Waals surface area (Å²) in [5, 5.41) is 0. The standard InChI is InChI=1S/C14H12BrFN2O4S/c1-18(23(20,21)11-3-2-6-17-8-11)9-14(19)22-13-5-4-10(15)7-12(13)16/h2-8H,9H2,1H3. The number of pyridine rings is 1. The van der Waals surface area contributed by atoms with E-state index >= 15 is 0 Å². The third-order valence-corrected chi connectivity index (χ3v) is 5.09. The molecule has 2 rings (SSSR count). The van der Waals surface area contributed by atoms with Gasteiger partial charge >= 0.3 is 5.97 Å². The Labute approximate surface area is 141 Å². The number of nitrogens with zero attached hydrogens (tertiary/aromatic N) is 2. The summed E-state index contributed by atoms with van der Waals surface area (Å²) in [6.45, 7) is -0.563. The highest BCUT2D eigenvalue weighted by Crippen LogP contribution is 2.21. The van der Waals surface area contributed by atoms with E-state index in [1.807, 2.05) is 0 Å². The van der Waals surface area contributed by atoms with Crippen LogP contribution in [0.1, 0.15) is 0 Å². The van der Waals surface area contributed by atoms with Crippen LogP contribution in [0.2, 0.25) is 0 Å². The van der Waals surface area contributed by atoms with E-state index in [9.17, 15) is 17.6 Å². The first kappa shape index (κ1) is 17.5. The lowest BCUT2D eigenvalue weighted by atomic mass is 10.3. The van der Waals surface area contributed by atoms with Crippen molar-refractivity contribution in [3.05, 3.63) is 53.0 Å². The van der Waals surface area contributed by atoms with Gasteiger partial charge in [0.05, 0.1) is 0 Å². The Morgan fingerprint density at radius 1 is 1.39 bits per heavy atom. The minimum absolute atomic E-state index is 0.0508. The zero-order chi connectivity index (χ0) is 17.0. The lowest BCUT2D eigenvalue weighted by molar-refractivity contribution is -0.134. The molecule has 0 aliphatic carbocycles. The number of ether oxygens (including phenoxy) is 1. The number of hydrogen-bond donors (Lipinski definition) is 0. The molecule has 1 aromatic heterocycles. The van der Waals surface area contributed by atoms with Gasteiger partial charge in [-0.2, -0.15) is 4.31 Å². The molecule has 2 aromatic rings. The van der Waals surface area contributed by atoms with Gasteiger partial charge < -0.3 is 4.74 Å². The van der Waals surface area contributed by atoms with Gasteiger partial charge in [0.25, 0.3) is 0 Å². The second-order valence-electron chi connectivity index (χ2n) is 4.50. The number of benzene rings is 1. The second-order valence-corrected chi connectivity index (χ2v) is 7.46. The molecule has 0 amide bonds. The quantitative estimate of drug-likeness (QED) is 0.565. The molecule has 0 radical (unpaired) electrons. The van der Waals surface area contributed by atoms with Gasteiger partial charge in [0.15, 0.2) is 11.6 Å². The summed E-state index contributed by atoms with van der Waals surface area (Å²) in [7, 11) is -2.65. The van der Waals surface area contributed by atoms with E-state index in [1.165, 1.54) is 43.7 Å². The monoisotopic (exact) mass is 402 g/mol. The number of halogens is 2. The predicted octanol–water partition coefficient (Wildman–Crippen LogP) is 2.21. The Morgan fingerprint density at radius 3 is 2.74 bits per heavy atom. The molecule has 6 nitrogen and oxygen atoms in total. The van der Waals surface area contributed by atoms with E-state index in [0.717, 1.165) is 10.4 Å². The largest absolute Gasteiger partial charge is 0.422 e. The minimum atomic E-state index is -3.87. The molecule has 0 atom stereocenters. The third kappa shape index (κ3) is 4.34. The molecule has 0 aliphatic heterocycles. The maximum absolute atomic E-state index is 13.6. The van der Waals surface area contributed by atoms with Crippen LogP contribution >= 0.6 is 15.9 Å². The lowest BCUT2D eigenvalue weighted by Gasteiger charge is -2.16. The summed E-state index contributed by atoms with van der Waals surface area (Å²) in [6.07, 6.45) is 2.61. The molecule has 0 aliphatic rings. The Hall–Kier alpha value is -1.84. The van der Waals surface area contributed by atoms with Crippen LogP contribution in [0.15, 0.2) is 52.1 Å². The molecule has 1 aromatic carbocycles. The lowest BCUT2D eigenvalue weighted by Crippen LogP contribution is -2.34. The van der Waals surface area contributed by atoms with Crippen LogP contribution in [0.5, 0.6) is 5.75 Å². The minimum Gasteiger partial charge on any atom is -0.422 e. The van der Waals surface area contributed by atoms with Crippen LogP contribution < -0.4 is 4.74 Å². The van der Waals surface area contributed by atoms with Crippen LogP contribution in [0.3, 0.4) is 0 Å². The molecule has 0 bridgehead atoms. The van der Waals surface area contributed by atoms with Crippen LogP contribution in [-0.4, -0.2) is 37.3 Å². The zero-order valence-electron chi connectivity index (χ0n) is 11.9. The fourth-order valence-corrected chi connectivity index (χ4v) is 3.07. The first-order valence-corrected chi connectivity index (χ1v) is 8.56. The maximum Gasteiger partial charge on any atom is 0.326 e. The predicted molar refractivity (Wildman–Crippen MR) is 83.8 cm³/mol. The highest BCUT2D eigenvalue weighted by atomic mass is 79.9. The normalized spacial score (nSPS) is 11.5. The summed E-state index contributed by atoms with van der Waals surface area (Å²) in [5.74, 6) is -1.91. The van der Waals surface area contributed by atoms with Crippen molar-refractivity contribution in [3.8, 4) is 5.75 Å². The fourth-order valence-electron chi connectivity index (χ4n) is 1.66. The topological polar surface area (TPSA) is 76.6 Å². The number of aromatic nitrogens is 1. The molecular formula is C14H12BrFN2O4S. The number of sulfonamides is 1. The van der Waals surface area contributed by atoms with Gasteiger partial charge in [-0.3, -0.25) is 9.78 Å². The number of hydrogen-bond acceptors (Lipinski definition) is 5. The second kappa shape index (κ2) is 7.16. The molecule has 0 saturated carbocycles. The van der Waals surface area contributed by atoms with Gasteiger partial charge in [-0.1, -0.05) is 15.9 Å². The van der Waals surface area contributed by atoms with E-state index in [4.69, 9.17) is 4.74 Å². The van der Waals surface area contributed by atoms with E-state index in [1.54, 1.807) is 0 Å². The SMILES string of the molecule is CN(CC(=O)Oc1ccc(Br)cc1F)S(=O)(=O)c1cccnc1. The molecule has 9 heteroatoms. The smallest absolute Gasteiger partial charge is 0.326 e. The van der Waals surface area contributed by atoms with E-state index in [0.29, 0.717) is 4.47 Å². The van der Waals surface area contributed by atoms with Crippen molar-refractivity contribution in [3.63, 3.8) is 0 Å². The van der Waals surface area contributed by atoms with Crippen molar-refractivity contribution < 1.29 is 22.3 Å². The maximum atomic E-state index is 13.6. The summed E-state index contributed by atoms with van der Waals surface area (Å²) in [6, 6.07) is 6.74. The van der Waals surface area contributed by atoms with E-state index < -0.39 is 28.4 Å². The molecular weight excluding hydrogens is 391 g/mol. The van der Waals surface area contributed by atoms with Crippen molar-refractivity contribution in [2.45, 2.75) is 4.90 Å². The average molecular weight is 403 g/mol. The van der Waals surface area contributed by atoms with Crippen LogP contribution in [0, 0.1) is 5.82 Å². The Balaban J connectivity index is 2.08. The van der Waals surface area contributed by atoms with Crippen molar-refractivity contribution in [1.29, 1.82) is 0 Å². The van der Waals surface area contributed by atoms with Crippen LogP contribution in [0.25, 0.3) is 0 Å². The van der Waals surface area contributed by atoms with Gasteiger partial charge in [-0.15, -0.1) is 0 Å². The Morgan fingerprint density at radius 2 is 2.13 bits per heavy atom. The highest BCUT2D eigenvalue weighted by molar-refractivity contribution is 9.10. The third-order valence-electron chi connectivity index (χ3n) is 2.81. The first-order chi connectivity index (χ1) is 10.8. The molecule has 23 heavy (non-hydrogen) atoms. The first-order valence-electron chi connectivity index (χ1n) is 6.33. The fraction of sp³-hybridized carbons (Fsp3) is 0.143. The van der Waals surface area contributed by atoms with Crippen molar-refractivity contribution in [2.24, 2.45) is 0 Å².